The average molecular weight is 396 g/mol. The van der Waals surface area contributed by atoms with Gasteiger partial charge >= 0.3 is 0 Å². The van der Waals surface area contributed by atoms with E-state index < -0.39 is 5.82 Å². The SMILES string of the molecule is Cc1cc(NC(=O)Cn2ncc(Cl)c2C)nn1Cc1c(F)cccc1Cl. The third kappa shape index (κ3) is 3.89. The summed E-state index contributed by atoms with van der Waals surface area (Å²) in [7, 11) is 0. The van der Waals surface area contributed by atoms with Crippen molar-refractivity contribution in [1.29, 1.82) is 0 Å². The Morgan fingerprint density at radius 3 is 2.65 bits per heavy atom. The van der Waals surface area contributed by atoms with Crippen molar-refractivity contribution in [3.8, 4) is 0 Å². The molecule has 2 heterocycles. The van der Waals surface area contributed by atoms with Gasteiger partial charge in [-0.15, -0.1) is 0 Å². The number of anilines is 1. The molecule has 136 valence electrons. The smallest absolute Gasteiger partial charge is 0.247 e. The molecule has 0 unspecified atom stereocenters. The number of halogens is 3. The summed E-state index contributed by atoms with van der Waals surface area (Å²) in [5.74, 6) is -0.318. The first kappa shape index (κ1) is 18.4. The summed E-state index contributed by atoms with van der Waals surface area (Å²) in [5.41, 5.74) is 1.82. The van der Waals surface area contributed by atoms with E-state index in [1.807, 2.05) is 6.92 Å². The molecule has 6 nitrogen and oxygen atoms in total. The van der Waals surface area contributed by atoms with Crippen LogP contribution in [0.2, 0.25) is 10.0 Å². The fourth-order valence-electron chi connectivity index (χ4n) is 2.47. The molecule has 0 saturated carbocycles. The maximum absolute atomic E-state index is 14.0. The molecule has 1 amide bonds. The summed E-state index contributed by atoms with van der Waals surface area (Å²) in [6.07, 6.45) is 1.49. The summed E-state index contributed by atoms with van der Waals surface area (Å²) < 4.78 is 17.0. The first-order chi connectivity index (χ1) is 12.3. The van der Waals surface area contributed by atoms with Crippen molar-refractivity contribution >= 4 is 34.9 Å². The number of hydrogen-bond donors (Lipinski definition) is 1. The first-order valence-electron chi connectivity index (χ1n) is 7.80. The molecular formula is C17H16Cl2FN5O. The lowest BCUT2D eigenvalue weighted by Gasteiger charge is -2.08. The van der Waals surface area contributed by atoms with Gasteiger partial charge in [-0.2, -0.15) is 10.2 Å². The molecule has 0 fully saturated rings. The maximum Gasteiger partial charge on any atom is 0.247 e. The van der Waals surface area contributed by atoms with Gasteiger partial charge in [0, 0.05) is 22.3 Å². The van der Waals surface area contributed by atoms with E-state index in [1.165, 1.54) is 16.9 Å². The Morgan fingerprint density at radius 1 is 1.23 bits per heavy atom. The Morgan fingerprint density at radius 2 is 2.00 bits per heavy atom. The zero-order chi connectivity index (χ0) is 18.8. The Balaban J connectivity index is 1.72. The van der Waals surface area contributed by atoms with Crippen molar-refractivity contribution in [2.24, 2.45) is 0 Å². The number of amides is 1. The number of benzene rings is 1. The second kappa shape index (κ2) is 7.47. The van der Waals surface area contributed by atoms with Gasteiger partial charge in [0.15, 0.2) is 5.82 Å². The molecule has 0 spiro atoms. The Kier molecular flexibility index (Phi) is 5.29. The monoisotopic (exact) mass is 395 g/mol. The minimum Gasteiger partial charge on any atom is -0.308 e. The number of aryl methyl sites for hydroxylation is 1. The zero-order valence-electron chi connectivity index (χ0n) is 14.1. The topological polar surface area (TPSA) is 64.7 Å². The molecule has 0 radical (unpaired) electrons. The fourth-order valence-corrected chi connectivity index (χ4v) is 2.83. The minimum absolute atomic E-state index is 0.0175. The number of carbonyl (C=O) groups excluding carboxylic acids is 1. The molecule has 0 aliphatic carbocycles. The van der Waals surface area contributed by atoms with Crippen LogP contribution < -0.4 is 5.32 Å². The zero-order valence-corrected chi connectivity index (χ0v) is 15.6. The maximum atomic E-state index is 14.0. The largest absolute Gasteiger partial charge is 0.308 e. The van der Waals surface area contributed by atoms with Crippen LogP contribution in [0.3, 0.4) is 0 Å². The molecule has 3 rings (SSSR count). The molecule has 9 heteroatoms. The molecule has 0 aliphatic heterocycles. The van der Waals surface area contributed by atoms with Gasteiger partial charge in [-0.3, -0.25) is 14.2 Å². The lowest BCUT2D eigenvalue weighted by molar-refractivity contribution is -0.117. The Bertz CT molecular complexity index is 946. The highest BCUT2D eigenvalue weighted by molar-refractivity contribution is 6.31. The van der Waals surface area contributed by atoms with Gasteiger partial charge in [0.25, 0.3) is 0 Å². The van der Waals surface area contributed by atoms with Crippen molar-refractivity contribution in [3.05, 3.63) is 63.3 Å². The summed E-state index contributed by atoms with van der Waals surface area (Å²) >= 11 is 12.0. The normalized spacial score (nSPS) is 11.0. The van der Waals surface area contributed by atoms with Crippen LogP contribution in [0.1, 0.15) is 17.0 Å². The molecular weight excluding hydrogens is 380 g/mol. The van der Waals surface area contributed by atoms with Crippen LogP contribution in [0.5, 0.6) is 0 Å². The highest BCUT2D eigenvalue weighted by Gasteiger charge is 2.14. The molecule has 2 aromatic heterocycles. The van der Waals surface area contributed by atoms with E-state index in [4.69, 9.17) is 23.2 Å². The van der Waals surface area contributed by atoms with E-state index in [0.717, 1.165) is 5.69 Å². The van der Waals surface area contributed by atoms with Crippen LogP contribution in [0.25, 0.3) is 0 Å². The predicted octanol–water partition coefficient (Wildman–Crippen LogP) is 3.83. The van der Waals surface area contributed by atoms with Crippen molar-refractivity contribution in [2.75, 3.05) is 5.32 Å². The molecule has 3 aromatic rings. The van der Waals surface area contributed by atoms with Crippen molar-refractivity contribution in [3.63, 3.8) is 0 Å². The van der Waals surface area contributed by atoms with E-state index in [9.17, 15) is 9.18 Å². The van der Waals surface area contributed by atoms with E-state index >= 15 is 0 Å². The molecule has 0 atom stereocenters. The predicted molar refractivity (Wildman–Crippen MR) is 98.1 cm³/mol. The standard InChI is InChI=1S/C17H16Cl2FN5O/c1-10-6-16(22-17(26)9-25-11(2)14(19)7-21-25)23-24(10)8-12-13(18)4-3-5-15(12)20/h3-7H,8-9H2,1-2H3,(H,22,23,26). The van der Waals surface area contributed by atoms with Gasteiger partial charge in [-0.1, -0.05) is 29.3 Å². The van der Waals surface area contributed by atoms with Gasteiger partial charge in [0.2, 0.25) is 5.91 Å². The number of rotatable bonds is 5. The minimum atomic E-state index is -0.399. The second-order valence-electron chi connectivity index (χ2n) is 5.81. The fraction of sp³-hybridized carbons (Fsp3) is 0.235. The van der Waals surface area contributed by atoms with Crippen LogP contribution in [-0.4, -0.2) is 25.5 Å². The summed E-state index contributed by atoms with van der Waals surface area (Å²) in [6.45, 7) is 3.78. The van der Waals surface area contributed by atoms with E-state index in [-0.39, 0.29) is 19.0 Å². The second-order valence-corrected chi connectivity index (χ2v) is 6.63. The molecule has 0 saturated heterocycles. The third-order valence-electron chi connectivity index (χ3n) is 3.95. The highest BCUT2D eigenvalue weighted by Crippen LogP contribution is 2.21. The van der Waals surface area contributed by atoms with Gasteiger partial charge in [-0.25, -0.2) is 4.39 Å². The van der Waals surface area contributed by atoms with E-state index in [2.05, 4.69) is 15.5 Å². The number of nitrogens with one attached hydrogen (secondary N) is 1. The van der Waals surface area contributed by atoms with Crippen LogP contribution in [0, 0.1) is 19.7 Å². The van der Waals surface area contributed by atoms with Crippen molar-refractivity contribution in [2.45, 2.75) is 26.9 Å². The molecule has 0 bridgehead atoms. The lowest BCUT2D eigenvalue weighted by atomic mass is 10.2. The van der Waals surface area contributed by atoms with Gasteiger partial charge in [0.05, 0.1) is 23.5 Å². The molecule has 1 aromatic carbocycles. The third-order valence-corrected chi connectivity index (χ3v) is 4.68. The number of hydrogen-bond acceptors (Lipinski definition) is 3. The van der Waals surface area contributed by atoms with Gasteiger partial charge in [0.1, 0.15) is 12.4 Å². The summed E-state index contributed by atoms with van der Waals surface area (Å²) in [5, 5.41) is 11.9. The molecule has 1 N–H and O–H groups in total. The Hall–Kier alpha value is -2.38. The summed E-state index contributed by atoms with van der Waals surface area (Å²) in [4.78, 5) is 12.2. The highest BCUT2D eigenvalue weighted by atomic mass is 35.5. The van der Waals surface area contributed by atoms with Gasteiger partial charge < -0.3 is 5.32 Å². The van der Waals surface area contributed by atoms with Crippen LogP contribution in [-0.2, 0) is 17.9 Å². The molecule has 0 aliphatic rings. The number of nitrogens with zero attached hydrogens (tertiary/aromatic N) is 4. The Labute approximate surface area is 159 Å². The van der Waals surface area contributed by atoms with Crippen LogP contribution >= 0.6 is 23.2 Å². The van der Waals surface area contributed by atoms with Crippen LogP contribution in [0.4, 0.5) is 10.2 Å². The van der Waals surface area contributed by atoms with Crippen LogP contribution in [0.15, 0.2) is 30.5 Å². The summed E-state index contributed by atoms with van der Waals surface area (Å²) in [6, 6.07) is 6.22. The van der Waals surface area contributed by atoms with Gasteiger partial charge in [-0.05, 0) is 26.0 Å². The molecule has 26 heavy (non-hydrogen) atoms. The van der Waals surface area contributed by atoms with E-state index in [1.54, 1.807) is 29.8 Å². The first-order valence-corrected chi connectivity index (χ1v) is 8.56. The quantitative estimate of drug-likeness (QED) is 0.713. The van der Waals surface area contributed by atoms with Crippen molar-refractivity contribution < 1.29 is 9.18 Å². The number of aromatic nitrogens is 4. The number of carbonyl (C=O) groups is 1. The van der Waals surface area contributed by atoms with E-state index in [0.29, 0.717) is 27.1 Å². The average Bonchev–Trinajstić information content (AvgIpc) is 3.07. The van der Waals surface area contributed by atoms with Crippen molar-refractivity contribution in [1.82, 2.24) is 19.6 Å². The lowest BCUT2D eigenvalue weighted by Crippen LogP contribution is -2.20.